The highest BCUT2D eigenvalue weighted by Crippen LogP contribution is 2.32. The number of ether oxygens (including phenoxy) is 2. The first-order valence-electron chi connectivity index (χ1n) is 8.58. The minimum Gasteiger partial charge on any atom is -0.486 e. The Labute approximate surface area is 159 Å². The van der Waals surface area contributed by atoms with Gasteiger partial charge >= 0.3 is 5.69 Å². The number of hydrogen-bond acceptors (Lipinski definition) is 5. The van der Waals surface area contributed by atoms with Gasteiger partial charge in [-0.05, 0) is 48.9 Å². The summed E-state index contributed by atoms with van der Waals surface area (Å²) in [5.41, 5.74) is 1.09. The predicted molar refractivity (Wildman–Crippen MR) is 100 cm³/mol. The van der Waals surface area contributed by atoms with Gasteiger partial charge in [0.25, 0.3) is 5.91 Å². The molecule has 1 aliphatic rings. The van der Waals surface area contributed by atoms with E-state index in [0.717, 1.165) is 0 Å². The quantitative estimate of drug-likeness (QED) is 0.728. The second-order valence-electron chi connectivity index (χ2n) is 6.26. The fraction of sp³-hybridized carbons (Fsp3) is 0.150. The normalized spacial score (nSPS) is 12.5. The summed E-state index contributed by atoms with van der Waals surface area (Å²) in [6.07, 6.45) is 0. The van der Waals surface area contributed by atoms with Crippen molar-refractivity contribution >= 4 is 11.6 Å². The third-order valence-corrected chi connectivity index (χ3v) is 4.24. The Morgan fingerprint density at radius 1 is 1.11 bits per heavy atom. The molecule has 1 aromatic heterocycles. The predicted octanol–water partition coefficient (Wildman–Crippen LogP) is 2.91. The summed E-state index contributed by atoms with van der Waals surface area (Å²) in [7, 11) is 0. The van der Waals surface area contributed by atoms with E-state index in [0.29, 0.717) is 41.5 Å². The van der Waals surface area contributed by atoms with Gasteiger partial charge in [0.15, 0.2) is 11.5 Å². The molecule has 2 N–H and O–H groups in total. The fourth-order valence-corrected chi connectivity index (χ4v) is 2.85. The fourth-order valence-electron chi connectivity index (χ4n) is 2.85. The Balaban J connectivity index is 1.62. The van der Waals surface area contributed by atoms with Crippen LogP contribution in [0.3, 0.4) is 0 Å². The van der Waals surface area contributed by atoms with Crippen LogP contribution in [0.1, 0.15) is 16.1 Å². The lowest BCUT2D eigenvalue weighted by Crippen LogP contribution is -2.21. The number of hydrogen-bond donors (Lipinski definition) is 2. The Morgan fingerprint density at radius 2 is 1.89 bits per heavy atom. The van der Waals surface area contributed by atoms with E-state index < -0.39 is 11.6 Å². The maximum Gasteiger partial charge on any atom is 0.346 e. The molecule has 0 spiro atoms. The van der Waals surface area contributed by atoms with Gasteiger partial charge in [0.2, 0.25) is 0 Å². The van der Waals surface area contributed by atoms with Crippen LogP contribution >= 0.6 is 0 Å². The molecule has 0 radical (unpaired) electrons. The van der Waals surface area contributed by atoms with Crippen molar-refractivity contribution in [1.82, 2.24) is 9.97 Å². The van der Waals surface area contributed by atoms with Gasteiger partial charge in [-0.1, -0.05) is 0 Å². The summed E-state index contributed by atoms with van der Waals surface area (Å²) >= 11 is 0. The number of anilines is 1. The van der Waals surface area contributed by atoms with E-state index in [2.05, 4.69) is 15.3 Å². The molecule has 0 fully saturated rings. The van der Waals surface area contributed by atoms with E-state index in [9.17, 15) is 14.0 Å². The molecule has 1 aliphatic heterocycles. The number of fused-ring (bicyclic) bond motifs is 1. The first kappa shape index (κ1) is 17.7. The zero-order valence-electron chi connectivity index (χ0n) is 14.9. The second kappa shape index (κ2) is 7.15. The summed E-state index contributed by atoms with van der Waals surface area (Å²) in [6, 6.07) is 10.8. The van der Waals surface area contributed by atoms with Crippen LogP contribution in [0, 0.1) is 12.7 Å². The van der Waals surface area contributed by atoms with Gasteiger partial charge in [0, 0.05) is 17.3 Å². The van der Waals surface area contributed by atoms with Crippen LogP contribution in [-0.2, 0) is 0 Å². The van der Waals surface area contributed by atoms with E-state index in [1.807, 2.05) is 0 Å². The number of nitrogens with one attached hydrogen (secondary N) is 2. The first-order chi connectivity index (χ1) is 13.5. The molecule has 1 amide bonds. The van der Waals surface area contributed by atoms with Crippen LogP contribution < -0.4 is 20.5 Å². The lowest BCUT2D eigenvalue weighted by atomic mass is 10.1. The molecule has 0 bridgehead atoms. The lowest BCUT2D eigenvalue weighted by Gasteiger charge is -2.19. The molecule has 4 rings (SSSR count). The second-order valence-corrected chi connectivity index (χ2v) is 6.26. The lowest BCUT2D eigenvalue weighted by molar-refractivity contribution is 0.102. The number of carbonyl (C=O) groups excluding carboxylic acids is 1. The number of benzene rings is 2. The van der Waals surface area contributed by atoms with Crippen LogP contribution in [0.4, 0.5) is 10.1 Å². The summed E-state index contributed by atoms with van der Waals surface area (Å²) in [6.45, 7) is 2.52. The highest BCUT2D eigenvalue weighted by molar-refractivity contribution is 6.03. The Bertz CT molecular complexity index is 1130. The molecule has 0 saturated carbocycles. The standard InChI is InChI=1S/C20H16FN3O4/c1-11-8-12(2-4-14(11)21)15-10-16(24-20(26)23-15)19(25)22-13-3-5-17-18(9-13)28-7-6-27-17/h2-5,8-10H,6-7H2,1H3,(H,22,25)(H,23,24,26). The van der Waals surface area contributed by atoms with Crippen LogP contribution in [0.2, 0.25) is 0 Å². The maximum absolute atomic E-state index is 13.5. The van der Waals surface area contributed by atoms with Crippen molar-refractivity contribution in [1.29, 1.82) is 0 Å². The molecule has 142 valence electrons. The topological polar surface area (TPSA) is 93.3 Å². The van der Waals surface area contributed by atoms with Crippen molar-refractivity contribution in [2.45, 2.75) is 6.92 Å². The molecule has 28 heavy (non-hydrogen) atoms. The number of nitrogens with zero attached hydrogens (tertiary/aromatic N) is 1. The van der Waals surface area contributed by atoms with Crippen molar-refractivity contribution in [3.8, 4) is 22.8 Å². The first-order valence-corrected chi connectivity index (χ1v) is 8.58. The smallest absolute Gasteiger partial charge is 0.346 e. The van der Waals surface area contributed by atoms with Gasteiger partial charge in [0.05, 0.1) is 5.69 Å². The highest BCUT2D eigenvalue weighted by atomic mass is 19.1. The number of amides is 1. The summed E-state index contributed by atoms with van der Waals surface area (Å²) in [5.74, 6) is 0.270. The van der Waals surface area contributed by atoms with E-state index in [4.69, 9.17) is 9.47 Å². The molecule has 0 unspecified atom stereocenters. The third-order valence-electron chi connectivity index (χ3n) is 4.24. The third kappa shape index (κ3) is 3.57. The van der Waals surface area contributed by atoms with Gasteiger partial charge in [0.1, 0.15) is 24.7 Å². The average molecular weight is 381 g/mol. The van der Waals surface area contributed by atoms with Gasteiger partial charge in [-0.15, -0.1) is 0 Å². The minimum absolute atomic E-state index is 0.0341. The van der Waals surface area contributed by atoms with Gasteiger partial charge in [-0.3, -0.25) is 4.79 Å². The molecule has 3 aromatic rings. The minimum atomic E-state index is -0.674. The van der Waals surface area contributed by atoms with Crippen molar-refractivity contribution in [3.05, 3.63) is 70.0 Å². The molecule has 2 heterocycles. The van der Waals surface area contributed by atoms with E-state index in [1.165, 1.54) is 18.2 Å². The van der Waals surface area contributed by atoms with E-state index in [1.54, 1.807) is 31.2 Å². The van der Waals surface area contributed by atoms with Gasteiger partial charge < -0.3 is 19.8 Å². The Hall–Kier alpha value is -3.68. The van der Waals surface area contributed by atoms with E-state index in [-0.39, 0.29) is 17.2 Å². The molecular weight excluding hydrogens is 365 g/mol. The highest BCUT2D eigenvalue weighted by Gasteiger charge is 2.15. The van der Waals surface area contributed by atoms with E-state index >= 15 is 0 Å². The zero-order valence-corrected chi connectivity index (χ0v) is 14.9. The van der Waals surface area contributed by atoms with Gasteiger partial charge in [-0.25, -0.2) is 9.18 Å². The molecule has 0 saturated heterocycles. The molecule has 7 nitrogen and oxygen atoms in total. The Kier molecular flexibility index (Phi) is 4.52. The summed E-state index contributed by atoms with van der Waals surface area (Å²) in [4.78, 5) is 30.8. The molecular formula is C20H16FN3O4. The summed E-state index contributed by atoms with van der Waals surface area (Å²) < 4.78 is 24.4. The summed E-state index contributed by atoms with van der Waals surface area (Å²) in [5, 5.41) is 2.70. The van der Waals surface area contributed by atoms with Crippen molar-refractivity contribution < 1.29 is 18.7 Å². The van der Waals surface area contributed by atoms with Crippen LogP contribution in [0.15, 0.2) is 47.3 Å². The van der Waals surface area contributed by atoms with Crippen LogP contribution in [0.25, 0.3) is 11.3 Å². The van der Waals surface area contributed by atoms with Crippen molar-refractivity contribution in [2.75, 3.05) is 18.5 Å². The van der Waals surface area contributed by atoms with Gasteiger partial charge in [-0.2, -0.15) is 4.98 Å². The SMILES string of the molecule is Cc1cc(-c2cc(C(=O)Nc3ccc4c(c3)OCCO4)[nH]c(=O)n2)ccc1F. The number of halogens is 1. The van der Waals surface area contributed by atoms with Crippen molar-refractivity contribution in [3.63, 3.8) is 0 Å². The van der Waals surface area contributed by atoms with Crippen LogP contribution in [-0.4, -0.2) is 29.1 Å². The van der Waals surface area contributed by atoms with Crippen molar-refractivity contribution in [2.24, 2.45) is 0 Å². The molecule has 8 heteroatoms. The largest absolute Gasteiger partial charge is 0.486 e. The zero-order chi connectivity index (χ0) is 19.7. The number of aromatic amines is 1. The Morgan fingerprint density at radius 3 is 2.68 bits per heavy atom. The maximum atomic E-state index is 13.5. The molecule has 2 aromatic carbocycles. The molecule has 0 aliphatic carbocycles. The van der Waals surface area contributed by atoms with Crippen LogP contribution in [0.5, 0.6) is 11.5 Å². The average Bonchev–Trinajstić information content (AvgIpc) is 2.69. The number of aromatic nitrogens is 2. The number of H-pyrrole nitrogens is 1. The number of aryl methyl sites for hydroxylation is 1. The molecule has 0 atom stereocenters. The monoisotopic (exact) mass is 381 g/mol. The number of carbonyl (C=O) groups is 1. The number of rotatable bonds is 3.